The Morgan fingerprint density at radius 2 is 1.63 bits per heavy atom. The van der Waals surface area contributed by atoms with Crippen LogP contribution in [0.25, 0.3) is 11.3 Å². The molecule has 5 nitrogen and oxygen atoms in total. The van der Waals surface area contributed by atoms with E-state index in [0.29, 0.717) is 40.6 Å². The second kappa shape index (κ2) is 8.14. The first-order chi connectivity index (χ1) is 14.2. The number of ether oxygens (including phenoxy) is 2. The molecule has 8 heteroatoms. The summed E-state index contributed by atoms with van der Waals surface area (Å²) in [5.41, 5.74) is 7.67. The molecule has 0 unspecified atom stereocenters. The minimum absolute atomic E-state index is 0.311. The molecule has 1 aromatic heterocycles. The first kappa shape index (κ1) is 21.3. The fourth-order valence-corrected chi connectivity index (χ4v) is 3.33. The highest BCUT2D eigenvalue weighted by molar-refractivity contribution is 5.95. The van der Waals surface area contributed by atoms with E-state index in [1.54, 1.807) is 25.1 Å². The smallest absolute Gasteiger partial charge is 0.416 e. The zero-order chi connectivity index (χ0) is 22.1. The lowest BCUT2D eigenvalue weighted by molar-refractivity contribution is -0.137. The van der Waals surface area contributed by atoms with E-state index in [1.165, 1.54) is 26.4 Å². The normalized spacial score (nSPS) is 11.4. The van der Waals surface area contributed by atoms with Crippen molar-refractivity contribution in [3.05, 3.63) is 70.9 Å². The standard InChI is InChI=1S/C22H21F3N2O3/c1-13-17(21(26)28)11-18(15-5-7-16(8-6-15)22(23,24)25)27(13)12-14-4-9-19(29-2)20(10-14)30-3/h4-11H,12H2,1-3H3,(H2,26,28). The van der Waals surface area contributed by atoms with Crippen molar-refractivity contribution < 1.29 is 27.4 Å². The van der Waals surface area contributed by atoms with Crippen LogP contribution in [0.15, 0.2) is 48.5 Å². The Hall–Kier alpha value is -3.42. The van der Waals surface area contributed by atoms with Crippen LogP contribution in [0, 0.1) is 6.92 Å². The highest BCUT2D eigenvalue weighted by Crippen LogP contribution is 2.33. The molecule has 0 spiro atoms. The molecule has 0 fully saturated rings. The summed E-state index contributed by atoms with van der Waals surface area (Å²) in [6.45, 7) is 2.10. The fourth-order valence-electron chi connectivity index (χ4n) is 3.33. The summed E-state index contributed by atoms with van der Waals surface area (Å²) in [6, 6.07) is 11.8. The zero-order valence-corrected chi connectivity index (χ0v) is 16.7. The van der Waals surface area contributed by atoms with E-state index in [-0.39, 0.29) is 0 Å². The minimum atomic E-state index is -4.42. The molecule has 1 heterocycles. The van der Waals surface area contributed by atoms with Gasteiger partial charge in [0.05, 0.1) is 25.3 Å². The van der Waals surface area contributed by atoms with E-state index >= 15 is 0 Å². The van der Waals surface area contributed by atoms with Gasteiger partial charge in [0, 0.05) is 17.9 Å². The molecule has 2 N–H and O–H groups in total. The largest absolute Gasteiger partial charge is 0.493 e. The summed E-state index contributed by atoms with van der Waals surface area (Å²) in [5, 5.41) is 0. The Labute approximate surface area is 171 Å². The highest BCUT2D eigenvalue weighted by Gasteiger charge is 2.30. The highest BCUT2D eigenvalue weighted by atomic mass is 19.4. The predicted molar refractivity (Wildman–Crippen MR) is 107 cm³/mol. The van der Waals surface area contributed by atoms with Gasteiger partial charge in [-0.1, -0.05) is 18.2 Å². The van der Waals surface area contributed by atoms with Gasteiger partial charge in [-0.3, -0.25) is 4.79 Å². The number of primary amides is 1. The lowest BCUT2D eigenvalue weighted by Crippen LogP contribution is -2.12. The topological polar surface area (TPSA) is 66.5 Å². The quantitative estimate of drug-likeness (QED) is 0.634. The van der Waals surface area contributed by atoms with Crippen molar-refractivity contribution in [3.63, 3.8) is 0 Å². The minimum Gasteiger partial charge on any atom is -0.493 e. The van der Waals surface area contributed by atoms with Crippen molar-refractivity contribution in [2.75, 3.05) is 14.2 Å². The number of alkyl halides is 3. The molecule has 0 atom stereocenters. The van der Waals surface area contributed by atoms with Crippen LogP contribution in [0.1, 0.15) is 27.2 Å². The third-order valence-corrected chi connectivity index (χ3v) is 4.93. The molecule has 0 bridgehead atoms. The summed E-state index contributed by atoms with van der Waals surface area (Å²) >= 11 is 0. The number of nitrogens with zero attached hydrogens (tertiary/aromatic N) is 1. The molecule has 0 radical (unpaired) electrons. The van der Waals surface area contributed by atoms with E-state index in [4.69, 9.17) is 15.2 Å². The van der Waals surface area contributed by atoms with Crippen molar-refractivity contribution >= 4 is 5.91 Å². The van der Waals surface area contributed by atoms with Crippen LogP contribution < -0.4 is 15.2 Å². The monoisotopic (exact) mass is 418 g/mol. The number of amides is 1. The van der Waals surface area contributed by atoms with E-state index in [1.807, 2.05) is 10.6 Å². The van der Waals surface area contributed by atoms with Gasteiger partial charge < -0.3 is 19.8 Å². The van der Waals surface area contributed by atoms with Crippen LogP contribution in [0.4, 0.5) is 13.2 Å². The third-order valence-electron chi connectivity index (χ3n) is 4.93. The molecule has 0 aliphatic heterocycles. The van der Waals surface area contributed by atoms with E-state index in [9.17, 15) is 18.0 Å². The molecule has 0 aliphatic rings. The fraction of sp³-hybridized carbons (Fsp3) is 0.227. The Morgan fingerprint density at radius 3 is 2.17 bits per heavy atom. The van der Waals surface area contributed by atoms with Gasteiger partial charge >= 0.3 is 6.18 Å². The Balaban J connectivity index is 2.07. The maximum Gasteiger partial charge on any atom is 0.416 e. The van der Waals surface area contributed by atoms with E-state index in [0.717, 1.165) is 17.7 Å². The molecule has 2 aromatic carbocycles. The summed E-state index contributed by atoms with van der Waals surface area (Å²) < 4.78 is 51.1. The van der Waals surface area contributed by atoms with Gasteiger partial charge in [-0.25, -0.2) is 0 Å². The number of methoxy groups -OCH3 is 2. The number of nitrogens with two attached hydrogens (primary N) is 1. The second-order valence-electron chi connectivity index (χ2n) is 6.74. The molecular formula is C22H21F3N2O3. The number of hydrogen-bond acceptors (Lipinski definition) is 3. The van der Waals surface area contributed by atoms with Crippen LogP contribution >= 0.6 is 0 Å². The van der Waals surface area contributed by atoms with Crippen molar-refractivity contribution in [3.8, 4) is 22.8 Å². The number of rotatable bonds is 6. The first-order valence-electron chi connectivity index (χ1n) is 9.04. The number of halogens is 3. The number of aromatic nitrogens is 1. The van der Waals surface area contributed by atoms with Gasteiger partial charge in [0.2, 0.25) is 0 Å². The van der Waals surface area contributed by atoms with Gasteiger partial charge in [0.1, 0.15) is 0 Å². The van der Waals surface area contributed by atoms with Crippen molar-refractivity contribution in [2.24, 2.45) is 5.73 Å². The van der Waals surface area contributed by atoms with Crippen LogP contribution in [0.3, 0.4) is 0 Å². The second-order valence-corrected chi connectivity index (χ2v) is 6.74. The maximum absolute atomic E-state index is 12.9. The Kier molecular flexibility index (Phi) is 5.78. The molecule has 158 valence electrons. The maximum atomic E-state index is 12.9. The van der Waals surface area contributed by atoms with Crippen molar-refractivity contribution in [1.82, 2.24) is 4.57 Å². The van der Waals surface area contributed by atoms with Gasteiger partial charge in [0.15, 0.2) is 11.5 Å². The van der Waals surface area contributed by atoms with Gasteiger partial charge in [-0.05, 0) is 48.4 Å². The Morgan fingerprint density at radius 1 is 1.00 bits per heavy atom. The van der Waals surface area contributed by atoms with Gasteiger partial charge in [0.25, 0.3) is 5.91 Å². The molecule has 0 saturated carbocycles. The summed E-state index contributed by atoms with van der Waals surface area (Å²) in [7, 11) is 3.07. The zero-order valence-electron chi connectivity index (χ0n) is 16.7. The predicted octanol–water partition coefficient (Wildman–Crippen LogP) is 4.65. The van der Waals surface area contributed by atoms with Crippen LogP contribution in [0.5, 0.6) is 11.5 Å². The molecule has 0 saturated heterocycles. The number of carbonyl (C=O) groups is 1. The average molecular weight is 418 g/mol. The molecule has 3 rings (SSSR count). The Bertz CT molecular complexity index is 1070. The van der Waals surface area contributed by atoms with Crippen LogP contribution in [0.2, 0.25) is 0 Å². The summed E-state index contributed by atoms with van der Waals surface area (Å²) in [6.07, 6.45) is -4.42. The van der Waals surface area contributed by atoms with Crippen LogP contribution in [-0.2, 0) is 12.7 Å². The SMILES string of the molecule is COc1ccc(Cn2c(-c3ccc(C(F)(F)F)cc3)cc(C(N)=O)c2C)cc1OC. The number of benzene rings is 2. The third kappa shape index (κ3) is 4.12. The van der Waals surface area contributed by atoms with Crippen molar-refractivity contribution in [1.29, 1.82) is 0 Å². The lowest BCUT2D eigenvalue weighted by Gasteiger charge is -2.15. The number of hydrogen-bond donors (Lipinski definition) is 1. The number of carbonyl (C=O) groups excluding carboxylic acids is 1. The van der Waals surface area contributed by atoms with Gasteiger partial charge in [-0.2, -0.15) is 13.2 Å². The molecule has 0 aliphatic carbocycles. The summed E-state index contributed by atoms with van der Waals surface area (Å²) in [5.74, 6) is 0.518. The molecule has 1 amide bonds. The molecule has 3 aromatic rings. The van der Waals surface area contributed by atoms with Crippen LogP contribution in [-0.4, -0.2) is 24.7 Å². The first-order valence-corrected chi connectivity index (χ1v) is 9.04. The molecule has 30 heavy (non-hydrogen) atoms. The lowest BCUT2D eigenvalue weighted by atomic mass is 10.1. The average Bonchev–Trinajstić information content (AvgIpc) is 3.04. The van der Waals surface area contributed by atoms with Gasteiger partial charge in [-0.15, -0.1) is 0 Å². The summed E-state index contributed by atoms with van der Waals surface area (Å²) in [4.78, 5) is 11.9. The van der Waals surface area contributed by atoms with E-state index < -0.39 is 17.6 Å². The van der Waals surface area contributed by atoms with Crippen molar-refractivity contribution in [2.45, 2.75) is 19.6 Å². The van der Waals surface area contributed by atoms with E-state index in [2.05, 4.69) is 0 Å². The molecular weight excluding hydrogens is 397 g/mol.